The van der Waals surface area contributed by atoms with Gasteiger partial charge in [0.05, 0.1) is 0 Å². The number of carbonyl (C=O) groups excluding carboxylic acids is 1. The smallest absolute Gasteiger partial charge is 0.460 e. The van der Waals surface area contributed by atoms with Crippen LogP contribution < -0.4 is 5.11 Å². The van der Waals surface area contributed by atoms with Gasteiger partial charge in [-0.15, -0.1) is 0 Å². The Balaban J connectivity index is 5.74. The molecule has 0 saturated carbocycles. The van der Waals surface area contributed by atoms with Gasteiger partial charge in [-0.05, 0) is 19.3 Å². The van der Waals surface area contributed by atoms with E-state index in [1.807, 2.05) is 0 Å². The zero-order valence-corrected chi connectivity index (χ0v) is 12.1. The predicted molar refractivity (Wildman–Crippen MR) is 54.3 cm³/mol. The molecule has 0 aliphatic rings. The molecule has 0 bridgehead atoms. The Hall–Kier alpha value is -1.44. The first-order valence-corrected chi connectivity index (χ1v) is 6.32. The van der Waals surface area contributed by atoms with Gasteiger partial charge in [0.15, 0.2) is 0 Å². The summed E-state index contributed by atoms with van der Waals surface area (Å²) in [6, 6.07) is 0. The molecule has 0 aliphatic heterocycles. The van der Waals surface area contributed by atoms with Crippen LogP contribution in [0.1, 0.15) is 25.7 Å². The minimum Gasteiger partial charge on any atom is -0.550 e. The molecule has 0 N–H and O–H groups in total. The minimum absolute atomic E-state index is 0.866. The van der Waals surface area contributed by atoms with Crippen LogP contribution in [0.15, 0.2) is 0 Å². The van der Waals surface area contributed by atoms with Gasteiger partial charge >= 0.3 is 35.8 Å². The summed E-state index contributed by atoms with van der Waals surface area (Å²) < 4.78 is 165. The fourth-order valence-corrected chi connectivity index (χ4v) is 1.58. The Morgan fingerprint density at radius 2 is 1.00 bits per heavy atom. The third kappa shape index (κ3) is 3.94. The van der Waals surface area contributed by atoms with Crippen LogP contribution in [0.4, 0.5) is 57.1 Å². The number of alkyl halides is 13. The van der Waals surface area contributed by atoms with Crippen LogP contribution >= 0.6 is 0 Å². The van der Waals surface area contributed by atoms with Crippen LogP contribution in [0, 0.1) is 0 Å². The number of carbonyl (C=O) groups is 1. The summed E-state index contributed by atoms with van der Waals surface area (Å²) in [6.07, 6.45) is -13.0. The molecule has 156 valence electrons. The fraction of sp³-hybridized carbons (Fsp3) is 0.909. The molecule has 15 heteroatoms. The maximum atomic E-state index is 13.2. The predicted octanol–water partition coefficient (Wildman–Crippen LogP) is 4.04. The van der Waals surface area contributed by atoms with Crippen molar-refractivity contribution in [1.29, 1.82) is 0 Å². The summed E-state index contributed by atoms with van der Waals surface area (Å²) in [4.78, 5) is 9.96. The second-order valence-corrected chi connectivity index (χ2v) is 5.08. The van der Waals surface area contributed by atoms with Crippen LogP contribution in [0.25, 0.3) is 0 Å². The monoisotopic (exact) mass is 419 g/mol. The van der Waals surface area contributed by atoms with Gasteiger partial charge in [-0.3, -0.25) is 0 Å². The van der Waals surface area contributed by atoms with Crippen LogP contribution in [-0.2, 0) is 4.79 Å². The normalized spacial score (nSPS) is 15.3. The maximum Gasteiger partial charge on any atom is 0.460 e. The third-order valence-electron chi connectivity index (χ3n) is 3.12. The first kappa shape index (κ1) is 24.6. The van der Waals surface area contributed by atoms with Gasteiger partial charge in [-0.2, -0.15) is 57.1 Å². The van der Waals surface area contributed by atoms with E-state index in [0.29, 0.717) is 0 Å². The van der Waals surface area contributed by atoms with Crippen molar-refractivity contribution in [3.8, 4) is 0 Å². The van der Waals surface area contributed by atoms with Crippen LogP contribution in [0.5, 0.6) is 0 Å². The highest BCUT2D eigenvalue weighted by molar-refractivity contribution is 5.64. The van der Waals surface area contributed by atoms with Crippen molar-refractivity contribution in [2.75, 3.05) is 0 Å². The second-order valence-electron chi connectivity index (χ2n) is 5.08. The molecule has 0 saturated heterocycles. The lowest BCUT2D eigenvalue weighted by atomic mass is 9.91. The van der Waals surface area contributed by atoms with E-state index < -0.39 is 67.4 Å². The lowest BCUT2D eigenvalue weighted by molar-refractivity contribution is -0.440. The third-order valence-corrected chi connectivity index (χ3v) is 3.12. The number of carboxylic acids is 1. The summed E-state index contributed by atoms with van der Waals surface area (Å²) in [6.45, 7) is 0. The molecule has 0 aliphatic carbocycles. The molecule has 0 atom stereocenters. The zero-order chi connectivity index (χ0) is 21.4. The summed E-state index contributed by atoms with van der Waals surface area (Å²) in [5.41, 5.74) is 0. The van der Waals surface area contributed by atoms with Crippen molar-refractivity contribution in [3.05, 3.63) is 0 Å². The Labute approximate surface area is 135 Å². The first-order chi connectivity index (χ1) is 11.2. The Morgan fingerprint density at radius 1 is 0.615 bits per heavy atom. The van der Waals surface area contributed by atoms with Crippen molar-refractivity contribution in [1.82, 2.24) is 0 Å². The highest BCUT2D eigenvalue weighted by atomic mass is 19.4. The Morgan fingerprint density at radius 3 is 1.35 bits per heavy atom. The zero-order valence-electron chi connectivity index (χ0n) is 12.1. The minimum atomic E-state index is -7.92. The topological polar surface area (TPSA) is 40.1 Å². The SMILES string of the molecule is O=C([O-])CCCCC(F)(F)C(F)(F)C(F)(F)C(F)(F)C(F)(F)C(F)(F)F. The van der Waals surface area contributed by atoms with Crippen LogP contribution in [-0.4, -0.2) is 41.8 Å². The van der Waals surface area contributed by atoms with Gasteiger partial charge < -0.3 is 9.90 Å². The molecule has 26 heavy (non-hydrogen) atoms. The van der Waals surface area contributed by atoms with Crippen molar-refractivity contribution < 1.29 is 67.0 Å². The van der Waals surface area contributed by atoms with Gasteiger partial charge in [0, 0.05) is 12.4 Å². The van der Waals surface area contributed by atoms with E-state index in [1.54, 1.807) is 0 Å². The highest BCUT2D eigenvalue weighted by Gasteiger charge is 2.90. The fourth-order valence-electron chi connectivity index (χ4n) is 1.58. The molecule has 0 aromatic rings. The first-order valence-electron chi connectivity index (χ1n) is 6.32. The van der Waals surface area contributed by atoms with E-state index in [0.717, 1.165) is 0 Å². The van der Waals surface area contributed by atoms with E-state index in [2.05, 4.69) is 0 Å². The largest absolute Gasteiger partial charge is 0.550 e. The number of halogens is 13. The summed E-state index contributed by atoms with van der Waals surface area (Å²) >= 11 is 0. The lowest BCUT2D eigenvalue weighted by Gasteiger charge is -2.39. The number of rotatable bonds is 9. The molecule has 0 unspecified atom stereocenters. The highest BCUT2D eigenvalue weighted by Crippen LogP contribution is 2.60. The van der Waals surface area contributed by atoms with Crippen LogP contribution in [0.3, 0.4) is 0 Å². The quantitative estimate of drug-likeness (QED) is 0.418. The van der Waals surface area contributed by atoms with E-state index in [4.69, 9.17) is 0 Å². The lowest BCUT2D eigenvalue weighted by Crippen LogP contribution is -2.70. The number of aliphatic carboxylic acids is 1. The van der Waals surface area contributed by atoms with Crippen molar-refractivity contribution in [3.63, 3.8) is 0 Å². The molecule has 2 nitrogen and oxygen atoms in total. The molecule has 0 radical (unpaired) electrons. The van der Waals surface area contributed by atoms with E-state index in [9.17, 15) is 67.0 Å². The van der Waals surface area contributed by atoms with Crippen molar-refractivity contribution in [2.24, 2.45) is 0 Å². The van der Waals surface area contributed by atoms with Gasteiger partial charge in [-0.1, -0.05) is 0 Å². The number of carboxylic acid groups (broad SMARTS) is 1. The van der Waals surface area contributed by atoms with Gasteiger partial charge in [-0.25, -0.2) is 0 Å². The van der Waals surface area contributed by atoms with E-state index >= 15 is 0 Å². The molecule has 0 amide bonds. The Bertz CT molecular complexity index is 509. The molecular formula is C11H8F13O2-. The van der Waals surface area contributed by atoms with Crippen LogP contribution in [0.2, 0.25) is 0 Å². The summed E-state index contributed by atoms with van der Waals surface area (Å²) in [5, 5.41) is 9.96. The Kier molecular flexibility index (Phi) is 6.56. The summed E-state index contributed by atoms with van der Waals surface area (Å²) in [5.74, 6) is -38.8. The molecule has 0 rings (SSSR count). The average molecular weight is 419 g/mol. The average Bonchev–Trinajstić information content (AvgIpc) is 2.41. The molecule has 0 aromatic carbocycles. The van der Waals surface area contributed by atoms with Gasteiger partial charge in [0.1, 0.15) is 0 Å². The molecule has 0 aromatic heterocycles. The maximum absolute atomic E-state index is 13.2. The van der Waals surface area contributed by atoms with Crippen molar-refractivity contribution in [2.45, 2.75) is 61.5 Å². The number of hydrogen-bond acceptors (Lipinski definition) is 2. The second kappa shape index (κ2) is 6.94. The van der Waals surface area contributed by atoms with E-state index in [-0.39, 0.29) is 0 Å². The van der Waals surface area contributed by atoms with Gasteiger partial charge in [0.2, 0.25) is 0 Å². The molecule has 0 fully saturated rings. The molecule has 0 heterocycles. The van der Waals surface area contributed by atoms with Gasteiger partial charge in [0.25, 0.3) is 0 Å². The summed E-state index contributed by atoms with van der Waals surface area (Å²) in [7, 11) is 0. The van der Waals surface area contributed by atoms with E-state index in [1.165, 1.54) is 0 Å². The standard InChI is InChI=1S/C11H9F13O2/c12-6(13,4-2-1-3-5(25)26)7(14,15)8(16,17)9(18,19)10(20,21)11(22,23)24/h1-4H2,(H,25,26)/p-1. The number of unbranched alkanes of at least 4 members (excludes halogenated alkanes) is 1. The van der Waals surface area contributed by atoms with Crippen molar-refractivity contribution >= 4 is 5.97 Å². The molecule has 0 spiro atoms. The number of hydrogen-bond donors (Lipinski definition) is 0. The molecular weight excluding hydrogens is 411 g/mol.